The molecule has 7 heteroatoms. The molecule has 2 N–H and O–H groups in total. The van der Waals surface area contributed by atoms with Crippen LogP contribution < -0.4 is 10.6 Å². The Bertz CT molecular complexity index is 893. The van der Waals surface area contributed by atoms with Crippen LogP contribution in [0.3, 0.4) is 0 Å². The fourth-order valence-corrected chi connectivity index (χ4v) is 2.44. The normalized spacial score (nSPS) is 10.9. The zero-order chi connectivity index (χ0) is 20.2. The van der Waals surface area contributed by atoms with Crippen LogP contribution in [0, 0.1) is 12.3 Å². The van der Waals surface area contributed by atoms with E-state index in [1.54, 1.807) is 36.4 Å². The smallest absolute Gasteiger partial charge is 0.339 e. The molecule has 0 unspecified atom stereocenters. The largest absolute Gasteiger partial charge is 0.465 e. The molecule has 0 aliphatic heterocycles. The summed E-state index contributed by atoms with van der Waals surface area (Å²) in [4.78, 5) is 37.3. The molecule has 27 heavy (non-hydrogen) atoms. The third kappa shape index (κ3) is 4.65. The van der Waals surface area contributed by atoms with Gasteiger partial charge in [0, 0.05) is 10.7 Å². The molecule has 2 aromatic rings. The second-order valence-electron chi connectivity index (χ2n) is 6.53. The number of carbonyl (C=O) groups excluding carboxylic acids is 3. The molecule has 0 atom stereocenters. The highest BCUT2D eigenvalue weighted by Crippen LogP contribution is 2.26. The van der Waals surface area contributed by atoms with Gasteiger partial charge in [-0.3, -0.25) is 9.59 Å². The third-order valence-corrected chi connectivity index (χ3v) is 4.40. The van der Waals surface area contributed by atoms with Crippen molar-refractivity contribution in [3.05, 3.63) is 58.6 Å². The van der Waals surface area contributed by atoms with Crippen molar-refractivity contribution in [1.82, 2.24) is 0 Å². The van der Waals surface area contributed by atoms with Crippen LogP contribution >= 0.6 is 11.6 Å². The lowest BCUT2D eigenvalue weighted by Gasteiger charge is -2.24. The van der Waals surface area contributed by atoms with Crippen molar-refractivity contribution in [2.24, 2.45) is 5.41 Å². The topological polar surface area (TPSA) is 84.5 Å². The zero-order valence-corrected chi connectivity index (χ0v) is 16.3. The number of ether oxygens (including phenoxy) is 1. The number of aryl methyl sites for hydroxylation is 1. The average molecular weight is 389 g/mol. The van der Waals surface area contributed by atoms with Crippen LogP contribution in [0.5, 0.6) is 0 Å². The molecule has 0 saturated heterocycles. The average Bonchev–Trinajstić information content (AvgIpc) is 2.64. The highest BCUT2D eigenvalue weighted by molar-refractivity contribution is 6.31. The Hall–Kier alpha value is -2.86. The van der Waals surface area contributed by atoms with Crippen LogP contribution in [0.4, 0.5) is 11.4 Å². The number of nitrogens with one attached hydrogen (secondary N) is 2. The molecule has 0 spiro atoms. The van der Waals surface area contributed by atoms with Gasteiger partial charge in [-0.2, -0.15) is 0 Å². The number of halogens is 1. The van der Waals surface area contributed by atoms with Gasteiger partial charge < -0.3 is 15.4 Å². The Morgan fingerprint density at radius 2 is 1.56 bits per heavy atom. The molecule has 6 nitrogen and oxygen atoms in total. The van der Waals surface area contributed by atoms with E-state index in [1.807, 2.05) is 6.92 Å². The van der Waals surface area contributed by atoms with Crippen molar-refractivity contribution >= 4 is 40.8 Å². The maximum absolute atomic E-state index is 12.7. The minimum Gasteiger partial charge on any atom is -0.465 e. The first-order chi connectivity index (χ1) is 12.7. The van der Waals surface area contributed by atoms with Crippen molar-refractivity contribution in [2.75, 3.05) is 17.7 Å². The molecule has 0 aromatic heterocycles. The van der Waals surface area contributed by atoms with Gasteiger partial charge in [0.25, 0.3) is 0 Å². The molecule has 0 fully saturated rings. The number of anilines is 2. The minimum absolute atomic E-state index is 0.204. The summed E-state index contributed by atoms with van der Waals surface area (Å²) in [5.74, 6) is -1.64. The minimum atomic E-state index is -1.40. The Labute approximate surface area is 162 Å². The van der Waals surface area contributed by atoms with E-state index in [-0.39, 0.29) is 11.3 Å². The number of hydrogen-bond acceptors (Lipinski definition) is 4. The van der Waals surface area contributed by atoms with Gasteiger partial charge in [-0.25, -0.2) is 4.79 Å². The van der Waals surface area contributed by atoms with Crippen molar-refractivity contribution in [3.8, 4) is 0 Å². The van der Waals surface area contributed by atoms with Crippen LogP contribution in [0.1, 0.15) is 29.8 Å². The summed E-state index contributed by atoms with van der Waals surface area (Å²) in [6.07, 6.45) is 0. The fraction of sp³-hybridized carbons (Fsp3) is 0.250. The van der Waals surface area contributed by atoms with Crippen LogP contribution in [-0.4, -0.2) is 24.9 Å². The highest BCUT2D eigenvalue weighted by Gasteiger charge is 2.37. The maximum Gasteiger partial charge on any atom is 0.339 e. The van der Waals surface area contributed by atoms with Crippen molar-refractivity contribution in [1.29, 1.82) is 0 Å². The highest BCUT2D eigenvalue weighted by atomic mass is 35.5. The van der Waals surface area contributed by atoms with E-state index >= 15 is 0 Å². The molecule has 0 aliphatic rings. The molecule has 142 valence electrons. The van der Waals surface area contributed by atoms with E-state index in [2.05, 4.69) is 10.6 Å². The summed E-state index contributed by atoms with van der Waals surface area (Å²) < 4.78 is 4.71. The molecular weight excluding hydrogens is 368 g/mol. The number of amides is 2. The SMILES string of the molecule is COC(=O)c1ccccc1NC(=O)C(C)(C)C(=O)Nc1cc(Cl)ccc1C. The maximum atomic E-state index is 12.7. The predicted octanol–water partition coefficient (Wildman–Crippen LogP) is 4.04. The monoisotopic (exact) mass is 388 g/mol. The first-order valence-electron chi connectivity index (χ1n) is 8.23. The van der Waals surface area contributed by atoms with E-state index in [1.165, 1.54) is 27.0 Å². The van der Waals surface area contributed by atoms with Gasteiger partial charge in [0.1, 0.15) is 5.41 Å². The molecule has 0 bridgehead atoms. The number of benzene rings is 2. The Morgan fingerprint density at radius 3 is 2.19 bits per heavy atom. The van der Waals surface area contributed by atoms with Crippen LogP contribution in [0.2, 0.25) is 5.02 Å². The number of para-hydroxylation sites is 1. The number of hydrogen-bond donors (Lipinski definition) is 2. The van der Waals surface area contributed by atoms with Crippen LogP contribution in [0.25, 0.3) is 0 Å². The summed E-state index contributed by atoms with van der Waals surface area (Å²) >= 11 is 5.97. The fourth-order valence-electron chi connectivity index (χ4n) is 2.27. The second-order valence-corrected chi connectivity index (χ2v) is 6.97. The first-order valence-corrected chi connectivity index (χ1v) is 8.61. The number of methoxy groups -OCH3 is 1. The third-order valence-electron chi connectivity index (χ3n) is 4.16. The van der Waals surface area contributed by atoms with Crippen LogP contribution in [-0.2, 0) is 14.3 Å². The zero-order valence-electron chi connectivity index (χ0n) is 15.6. The number of carbonyl (C=O) groups is 3. The standard InChI is InChI=1S/C20H21ClN2O4/c1-12-9-10-13(21)11-16(12)23-19(26)20(2,3)18(25)22-15-8-6-5-7-14(15)17(24)27-4/h5-11H,1-4H3,(H,22,25)(H,23,26). The lowest BCUT2D eigenvalue weighted by Crippen LogP contribution is -2.42. The van der Waals surface area contributed by atoms with E-state index < -0.39 is 23.2 Å². The predicted molar refractivity (Wildman–Crippen MR) is 105 cm³/mol. The summed E-state index contributed by atoms with van der Waals surface area (Å²) in [5, 5.41) is 5.84. The van der Waals surface area contributed by atoms with Crippen molar-refractivity contribution in [2.45, 2.75) is 20.8 Å². The lowest BCUT2D eigenvalue weighted by molar-refractivity contribution is -0.135. The Balaban J connectivity index is 2.21. The van der Waals surface area contributed by atoms with Crippen molar-refractivity contribution in [3.63, 3.8) is 0 Å². The number of rotatable bonds is 5. The van der Waals surface area contributed by atoms with E-state index in [0.29, 0.717) is 10.7 Å². The molecular formula is C20H21ClN2O4. The van der Waals surface area contributed by atoms with Gasteiger partial charge in [-0.15, -0.1) is 0 Å². The second kappa shape index (κ2) is 8.22. The molecule has 0 aliphatic carbocycles. The summed E-state index contributed by atoms with van der Waals surface area (Å²) in [7, 11) is 1.26. The molecule has 2 amide bonds. The summed E-state index contributed by atoms with van der Waals surface area (Å²) in [6, 6.07) is 11.5. The number of esters is 1. The van der Waals surface area contributed by atoms with E-state index in [9.17, 15) is 14.4 Å². The molecule has 2 rings (SSSR count). The van der Waals surface area contributed by atoms with Gasteiger partial charge in [0.05, 0.1) is 18.4 Å². The van der Waals surface area contributed by atoms with E-state index in [0.717, 1.165) is 5.56 Å². The van der Waals surface area contributed by atoms with Gasteiger partial charge in [0.2, 0.25) is 11.8 Å². The van der Waals surface area contributed by atoms with Crippen molar-refractivity contribution < 1.29 is 19.1 Å². The summed E-state index contributed by atoms with van der Waals surface area (Å²) in [6.45, 7) is 4.82. The van der Waals surface area contributed by atoms with E-state index in [4.69, 9.17) is 16.3 Å². The van der Waals surface area contributed by atoms with Gasteiger partial charge in [0.15, 0.2) is 0 Å². The molecule has 0 saturated carbocycles. The quantitative estimate of drug-likeness (QED) is 0.598. The van der Waals surface area contributed by atoms with Gasteiger partial charge in [-0.05, 0) is 50.6 Å². The Kier molecular flexibility index (Phi) is 6.23. The van der Waals surface area contributed by atoms with Crippen LogP contribution in [0.15, 0.2) is 42.5 Å². The molecule has 2 aromatic carbocycles. The van der Waals surface area contributed by atoms with Gasteiger partial charge >= 0.3 is 5.97 Å². The molecule has 0 radical (unpaired) electrons. The Morgan fingerprint density at radius 1 is 0.963 bits per heavy atom. The van der Waals surface area contributed by atoms with Gasteiger partial charge in [-0.1, -0.05) is 29.8 Å². The lowest BCUT2D eigenvalue weighted by atomic mass is 9.90. The first kappa shape index (κ1) is 20.5. The molecule has 0 heterocycles. The summed E-state index contributed by atoms with van der Waals surface area (Å²) in [5.41, 5.74) is 0.422.